The third-order valence-electron chi connectivity index (χ3n) is 3.23. The van der Waals surface area contributed by atoms with Gasteiger partial charge in [0.1, 0.15) is 17.1 Å². The number of likely N-dealkylation sites (tertiary alicyclic amines) is 1. The molecule has 0 spiro atoms. The number of nitrogen functional groups attached to an aromatic ring is 1. The van der Waals surface area contributed by atoms with Gasteiger partial charge in [-0.15, -0.1) is 23.1 Å². The number of nitrogens with one attached hydrogen (secondary N) is 1. The van der Waals surface area contributed by atoms with E-state index in [9.17, 15) is 14.4 Å². The number of thioether (sulfide) groups is 1. The molecule has 2 amide bonds. The molecular weight excluding hydrogens is 526 g/mol. The van der Waals surface area contributed by atoms with Gasteiger partial charge in [0, 0.05) is 33.6 Å². The van der Waals surface area contributed by atoms with Crippen molar-refractivity contribution in [3.05, 3.63) is 11.1 Å². The predicted molar refractivity (Wildman–Crippen MR) is 132 cm³/mol. The number of anilines is 1. The number of hydrogen-bond acceptors (Lipinski definition) is 13. The van der Waals surface area contributed by atoms with Gasteiger partial charge in [0.05, 0.1) is 0 Å². The van der Waals surface area contributed by atoms with Crippen molar-refractivity contribution >= 4 is 64.2 Å². The largest absolute Gasteiger partial charge is 0.483 e. The summed E-state index contributed by atoms with van der Waals surface area (Å²) in [6.07, 6.45) is 0. The van der Waals surface area contributed by atoms with E-state index in [0.29, 0.717) is 0 Å². The molecule has 1 aliphatic heterocycles. The second-order valence-corrected chi connectivity index (χ2v) is 7.83. The molecule has 1 aromatic rings. The van der Waals surface area contributed by atoms with E-state index >= 15 is 0 Å². The Bertz CT molecular complexity index is 847. The number of nitrogens with two attached hydrogens (primary N) is 1. The normalized spacial score (nSPS) is 15.4. The van der Waals surface area contributed by atoms with Crippen molar-refractivity contribution in [2.75, 3.05) is 39.4 Å². The minimum atomic E-state index is -1.24. The molecule has 1 fully saturated rings. The molecule has 1 saturated heterocycles. The summed E-state index contributed by atoms with van der Waals surface area (Å²) in [5.74, 6) is -2.21. The number of aliphatic hydroxyl groups excluding tert-OH is 2. The third kappa shape index (κ3) is 14.7. The van der Waals surface area contributed by atoms with Crippen LogP contribution in [0.1, 0.15) is 19.5 Å². The van der Waals surface area contributed by atoms with Crippen molar-refractivity contribution in [3.8, 4) is 0 Å². The lowest BCUT2D eigenvalue weighted by Crippen LogP contribution is -2.68. The summed E-state index contributed by atoms with van der Waals surface area (Å²) in [7, 11) is 3.66. The van der Waals surface area contributed by atoms with E-state index in [1.54, 1.807) is 7.05 Å². The third-order valence-corrected chi connectivity index (χ3v) is 5.17. The van der Waals surface area contributed by atoms with Crippen LogP contribution in [0.3, 0.4) is 0 Å². The Balaban J connectivity index is -0.000000850. The van der Waals surface area contributed by atoms with Gasteiger partial charge < -0.3 is 46.3 Å². The highest BCUT2D eigenvalue weighted by molar-refractivity contribution is 8.00. The Morgan fingerprint density at radius 2 is 1.81 bits per heavy atom. The molecule has 0 aromatic carbocycles. The number of hydrogen-bond donors (Lipinski definition) is 7. The fraction of sp³-hybridized carbons (Fsp3) is 0.500. The molecule has 206 valence electrons. The number of aliphatic carboxylic acids is 2. The number of rotatable bonds is 8. The zero-order valence-electron chi connectivity index (χ0n) is 20.1. The van der Waals surface area contributed by atoms with Gasteiger partial charge in [-0.25, -0.2) is 9.78 Å². The van der Waals surface area contributed by atoms with Gasteiger partial charge in [-0.1, -0.05) is 12.1 Å². The molecule has 1 aromatic heterocycles. The van der Waals surface area contributed by atoms with Crippen molar-refractivity contribution in [3.63, 3.8) is 0 Å². The summed E-state index contributed by atoms with van der Waals surface area (Å²) in [5.41, 5.74) is 5.46. The number of carboxylic acids is 2. The Hall–Kier alpha value is -3.48. The number of likely N-dealkylation sites (N-methyl/N-ethyl adjacent to an activating group) is 1. The Labute approximate surface area is 214 Å². The lowest BCUT2D eigenvalue weighted by molar-refractivity contribution is -0.145. The smallest absolute Gasteiger partial charge is 0.344 e. The van der Waals surface area contributed by atoms with E-state index in [0.717, 1.165) is 38.2 Å². The van der Waals surface area contributed by atoms with Crippen LogP contribution in [0.25, 0.3) is 0 Å². The Kier molecular flexibility index (Phi) is 22.7. The molecule has 36 heavy (non-hydrogen) atoms. The second kappa shape index (κ2) is 22.0. The molecule has 18 heteroatoms. The summed E-state index contributed by atoms with van der Waals surface area (Å²) in [6.45, 7) is 2.07. The maximum atomic E-state index is 12.5. The Morgan fingerprint density at radius 3 is 2.19 bits per heavy atom. The molecule has 2 unspecified atom stereocenters. The van der Waals surface area contributed by atoms with Gasteiger partial charge in [0.25, 0.3) is 18.3 Å². The predicted octanol–water partition coefficient (Wildman–Crippen LogP) is -1.42. The quantitative estimate of drug-likeness (QED) is 0.0837. The molecular formula is C18H31N5O11S2. The molecule has 0 bridgehead atoms. The fourth-order valence-corrected chi connectivity index (χ4v) is 3.68. The first-order valence-corrected chi connectivity index (χ1v) is 11.4. The SMILES string of the molecule is CC(=O)O.CCSC1C(NC(=O)/C(=N\OCC(=O)O)c2csc(N)n2)C(=O)N1C.CO.CO.O=CO. The molecule has 0 aliphatic carbocycles. The van der Waals surface area contributed by atoms with Gasteiger partial charge in [0.15, 0.2) is 10.8 Å². The number of nitrogens with zero attached hydrogens (tertiary/aromatic N) is 3. The van der Waals surface area contributed by atoms with Crippen LogP contribution in [0.4, 0.5) is 5.13 Å². The van der Waals surface area contributed by atoms with Crippen molar-refractivity contribution in [1.82, 2.24) is 15.2 Å². The van der Waals surface area contributed by atoms with Crippen LogP contribution in [0.15, 0.2) is 10.5 Å². The van der Waals surface area contributed by atoms with Crippen molar-refractivity contribution in [2.45, 2.75) is 25.3 Å². The number of carbonyl (C=O) groups excluding carboxylic acids is 2. The summed E-state index contributed by atoms with van der Waals surface area (Å²) in [4.78, 5) is 62.5. The first kappa shape index (κ1) is 37.1. The van der Waals surface area contributed by atoms with Crippen LogP contribution in [-0.4, -0.2) is 116 Å². The molecule has 0 radical (unpaired) electrons. The highest BCUT2D eigenvalue weighted by Gasteiger charge is 2.46. The Morgan fingerprint density at radius 1 is 1.31 bits per heavy atom. The van der Waals surface area contributed by atoms with Crippen molar-refractivity contribution in [2.24, 2.45) is 5.16 Å². The summed E-state index contributed by atoms with van der Waals surface area (Å²) < 4.78 is 0. The highest BCUT2D eigenvalue weighted by Crippen LogP contribution is 2.28. The summed E-state index contributed by atoms with van der Waals surface area (Å²) >= 11 is 2.61. The number of β-lactam (4-membered cyclic amide) rings is 1. The first-order chi connectivity index (χ1) is 17.0. The average Bonchev–Trinajstić information content (AvgIpc) is 3.27. The van der Waals surface area contributed by atoms with Gasteiger partial charge >= 0.3 is 5.97 Å². The van der Waals surface area contributed by atoms with E-state index in [1.165, 1.54) is 22.0 Å². The second-order valence-electron chi connectivity index (χ2n) is 5.55. The van der Waals surface area contributed by atoms with Gasteiger partial charge in [-0.2, -0.15) is 0 Å². The standard InChI is InChI=1S/C13H17N5O5S2.C2H4O2.CH2O2.2CH4O/c1-3-24-12-9(11(22)18(12)2)16-10(21)8(17-23-4-7(19)20)6-5-25-13(14)15-6;1-2(3)4;2-1-3;2*1-2/h5,9,12H,3-4H2,1-2H3,(H2,14,15)(H,16,21)(H,19,20);1H3,(H,3,4);1H,(H,2,3);2*2H,1H3/b17-8-;;;;. The molecule has 2 heterocycles. The van der Waals surface area contributed by atoms with Crippen LogP contribution in [0.2, 0.25) is 0 Å². The van der Waals surface area contributed by atoms with Gasteiger partial charge in [-0.3, -0.25) is 19.2 Å². The molecule has 2 rings (SSSR count). The number of oxime groups is 1. The first-order valence-electron chi connectivity index (χ1n) is 9.49. The molecule has 0 saturated carbocycles. The highest BCUT2D eigenvalue weighted by atomic mass is 32.2. The molecule has 8 N–H and O–H groups in total. The number of aromatic nitrogens is 1. The maximum absolute atomic E-state index is 12.5. The van der Waals surface area contributed by atoms with Crippen LogP contribution in [0, 0.1) is 0 Å². The van der Waals surface area contributed by atoms with E-state index in [2.05, 4.69) is 20.3 Å². The summed E-state index contributed by atoms with van der Waals surface area (Å²) in [5, 5.41) is 44.6. The lowest BCUT2D eigenvalue weighted by Gasteiger charge is -2.44. The number of thiazole rings is 1. The average molecular weight is 558 g/mol. The van der Waals surface area contributed by atoms with E-state index in [1.807, 2.05) is 6.92 Å². The number of aliphatic hydroxyl groups is 2. The topological polar surface area (TPSA) is 262 Å². The number of amides is 2. The number of carbonyl (C=O) groups is 5. The van der Waals surface area contributed by atoms with Crippen LogP contribution in [-0.2, 0) is 28.8 Å². The van der Waals surface area contributed by atoms with Crippen molar-refractivity contribution in [1.29, 1.82) is 0 Å². The molecule has 16 nitrogen and oxygen atoms in total. The minimum absolute atomic E-state index is 0.144. The van der Waals surface area contributed by atoms with E-state index in [4.69, 9.17) is 40.9 Å². The molecule has 1 aliphatic rings. The van der Waals surface area contributed by atoms with Crippen LogP contribution >= 0.6 is 23.1 Å². The monoisotopic (exact) mass is 557 g/mol. The molecule has 2 atom stereocenters. The fourth-order valence-electron chi connectivity index (χ4n) is 2.08. The van der Waals surface area contributed by atoms with E-state index in [-0.39, 0.29) is 34.3 Å². The number of carboxylic acid groups (broad SMARTS) is 3. The van der Waals surface area contributed by atoms with E-state index < -0.39 is 30.5 Å². The minimum Gasteiger partial charge on any atom is -0.483 e. The zero-order valence-corrected chi connectivity index (χ0v) is 21.8. The van der Waals surface area contributed by atoms with Crippen LogP contribution < -0.4 is 11.1 Å². The lowest BCUT2D eigenvalue weighted by atomic mass is 10.1. The maximum Gasteiger partial charge on any atom is 0.344 e. The van der Waals surface area contributed by atoms with Crippen LogP contribution in [0.5, 0.6) is 0 Å². The van der Waals surface area contributed by atoms with Crippen molar-refractivity contribution < 1.29 is 54.3 Å². The van der Waals surface area contributed by atoms with Gasteiger partial charge in [-0.05, 0) is 5.75 Å². The van der Waals surface area contributed by atoms with Gasteiger partial charge in [0.2, 0.25) is 12.5 Å². The zero-order chi connectivity index (χ0) is 28.8. The summed E-state index contributed by atoms with van der Waals surface area (Å²) in [6, 6.07) is -0.692.